The third-order valence-electron chi connectivity index (χ3n) is 4.28. The molecule has 0 aromatic heterocycles. The van der Waals surface area contributed by atoms with Crippen LogP contribution < -0.4 is 27.4 Å². The molecule has 0 fully saturated rings. The Kier molecular flexibility index (Phi) is 12.1. The number of hydrogen-bond acceptors (Lipinski definition) is 8. The molecule has 4 unspecified atom stereocenters. The first-order valence-electron chi connectivity index (χ1n) is 9.77. The molecule has 15 heteroatoms. The van der Waals surface area contributed by atoms with Crippen LogP contribution in [0.4, 0.5) is 0 Å². The lowest BCUT2D eigenvalue weighted by Crippen LogP contribution is -2.58. The van der Waals surface area contributed by atoms with Crippen LogP contribution in [0.3, 0.4) is 0 Å². The number of carboxylic acid groups (broad SMARTS) is 3. The van der Waals surface area contributed by atoms with E-state index in [2.05, 4.69) is 10.6 Å². The van der Waals surface area contributed by atoms with Gasteiger partial charge in [-0.3, -0.25) is 28.8 Å². The predicted octanol–water partition coefficient (Wildman–Crippen LogP) is -3.28. The van der Waals surface area contributed by atoms with E-state index >= 15 is 0 Å². The molecule has 4 atom stereocenters. The van der Waals surface area contributed by atoms with E-state index in [0.29, 0.717) is 0 Å². The van der Waals surface area contributed by atoms with E-state index in [1.54, 1.807) is 0 Å². The number of carbonyl (C=O) groups excluding carboxylic acids is 4. The molecular weight excluding hydrogens is 446 g/mol. The van der Waals surface area contributed by atoms with E-state index in [1.165, 1.54) is 13.8 Å². The Labute approximate surface area is 188 Å². The van der Waals surface area contributed by atoms with Crippen molar-refractivity contribution in [1.82, 2.24) is 16.0 Å². The van der Waals surface area contributed by atoms with Crippen molar-refractivity contribution in [3.8, 4) is 0 Å². The lowest BCUT2D eigenvalue weighted by atomic mass is 10.0. The van der Waals surface area contributed by atoms with Crippen molar-refractivity contribution in [2.45, 2.75) is 63.7 Å². The maximum atomic E-state index is 12.7. The summed E-state index contributed by atoms with van der Waals surface area (Å²) in [5.74, 6) is -8.75. The number of carbonyl (C=O) groups is 7. The van der Waals surface area contributed by atoms with Gasteiger partial charge >= 0.3 is 17.9 Å². The maximum absolute atomic E-state index is 12.7. The summed E-state index contributed by atoms with van der Waals surface area (Å²) in [6.45, 7) is 3.07. The molecule has 0 aliphatic heterocycles. The first kappa shape index (κ1) is 29.2. The molecule has 0 bridgehead atoms. The molecule has 0 saturated carbocycles. The van der Waals surface area contributed by atoms with Crippen LogP contribution in [0, 0.1) is 5.92 Å². The van der Waals surface area contributed by atoms with Crippen molar-refractivity contribution < 1.29 is 48.9 Å². The minimum atomic E-state index is -1.71. The van der Waals surface area contributed by atoms with Crippen molar-refractivity contribution >= 4 is 41.5 Å². The Morgan fingerprint density at radius 1 is 0.758 bits per heavy atom. The average molecular weight is 475 g/mol. The highest BCUT2D eigenvalue weighted by molar-refractivity contribution is 5.95. The second kappa shape index (κ2) is 13.6. The number of carboxylic acids is 3. The smallest absolute Gasteiger partial charge is 0.326 e. The average Bonchev–Trinajstić information content (AvgIpc) is 2.66. The molecule has 0 aliphatic rings. The summed E-state index contributed by atoms with van der Waals surface area (Å²) in [7, 11) is 0. The van der Waals surface area contributed by atoms with Gasteiger partial charge in [-0.15, -0.1) is 0 Å². The van der Waals surface area contributed by atoms with Crippen molar-refractivity contribution in [2.24, 2.45) is 17.4 Å². The lowest BCUT2D eigenvalue weighted by Gasteiger charge is -2.26. The number of hydrogen-bond donors (Lipinski definition) is 8. The number of primary amides is 1. The molecule has 33 heavy (non-hydrogen) atoms. The van der Waals surface area contributed by atoms with E-state index in [9.17, 15) is 33.6 Å². The van der Waals surface area contributed by atoms with Gasteiger partial charge in [0.25, 0.3) is 0 Å². The zero-order valence-electron chi connectivity index (χ0n) is 18.1. The topological polar surface area (TPSA) is 268 Å². The molecule has 4 amide bonds. The molecule has 0 radical (unpaired) electrons. The largest absolute Gasteiger partial charge is 0.481 e. The standard InChI is InChI=1S/C18H29N5O10/c1-7(2)14(23-15(29)8(19)5-13(27)28)17(31)21-9(3-4-12(25)26)16(30)22-10(18(32)33)6-11(20)24/h7-10,14H,3-6,19H2,1-2H3,(H2,20,24)(H,21,31)(H,22,30)(H,23,29)(H,25,26)(H,27,28)(H,32,33). The van der Waals surface area contributed by atoms with Gasteiger partial charge in [0.05, 0.1) is 18.9 Å². The second-order valence-electron chi connectivity index (χ2n) is 7.50. The Hall–Kier alpha value is -3.75. The van der Waals surface area contributed by atoms with Crippen molar-refractivity contribution in [2.75, 3.05) is 0 Å². The second-order valence-corrected chi connectivity index (χ2v) is 7.50. The zero-order chi connectivity index (χ0) is 25.9. The van der Waals surface area contributed by atoms with Crippen LogP contribution in [0.2, 0.25) is 0 Å². The third kappa shape index (κ3) is 11.4. The molecule has 0 rings (SSSR count). The van der Waals surface area contributed by atoms with Crippen LogP contribution in [0.25, 0.3) is 0 Å². The van der Waals surface area contributed by atoms with Gasteiger partial charge in [-0.05, 0) is 12.3 Å². The quantitative estimate of drug-likeness (QED) is 0.116. The molecular formula is C18H29N5O10. The minimum Gasteiger partial charge on any atom is -0.481 e. The molecule has 10 N–H and O–H groups in total. The van der Waals surface area contributed by atoms with E-state index in [0.717, 1.165) is 0 Å². The Morgan fingerprint density at radius 2 is 1.30 bits per heavy atom. The number of aliphatic carboxylic acids is 3. The van der Waals surface area contributed by atoms with E-state index in [4.69, 9.17) is 26.8 Å². The van der Waals surface area contributed by atoms with Gasteiger partial charge in [0, 0.05) is 6.42 Å². The molecule has 0 heterocycles. The monoisotopic (exact) mass is 475 g/mol. The number of amides is 4. The molecule has 186 valence electrons. The van der Waals surface area contributed by atoms with Crippen molar-refractivity contribution in [1.29, 1.82) is 0 Å². The van der Waals surface area contributed by atoms with E-state index in [1.807, 2.05) is 5.32 Å². The Balaban J connectivity index is 5.53. The number of nitrogens with two attached hydrogens (primary N) is 2. The normalized spacial score (nSPS) is 14.3. The summed E-state index contributed by atoms with van der Waals surface area (Å²) in [5, 5.41) is 33.3. The van der Waals surface area contributed by atoms with Gasteiger partial charge < -0.3 is 42.7 Å². The molecule has 15 nitrogen and oxygen atoms in total. The highest BCUT2D eigenvalue weighted by Gasteiger charge is 2.32. The van der Waals surface area contributed by atoms with Crippen LogP contribution in [0.5, 0.6) is 0 Å². The van der Waals surface area contributed by atoms with Gasteiger partial charge in [-0.2, -0.15) is 0 Å². The van der Waals surface area contributed by atoms with Crippen molar-refractivity contribution in [3.63, 3.8) is 0 Å². The zero-order valence-corrected chi connectivity index (χ0v) is 18.1. The fourth-order valence-corrected chi connectivity index (χ4v) is 2.55. The Morgan fingerprint density at radius 3 is 1.73 bits per heavy atom. The lowest BCUT2D eigenvalue weighted by molar-refractivity contribution is -0.144. The molecule has 0 aromatic rings. The SMILES string of the molecule is CC(C)C(NC(=O)C(N)CC(=O)O)C(=O)NC(CCC(=O)O)C(=O)NC(CC(N)=O)C(=O)O. The van der Waals surface area contributed by atoms with Crippen molar-refractivity contribution in [3.05, 3.63) is 0 Å². The van der Waals surface area contributed by atoms with Crippen LogP contribution >= 0.6 is 0 Å². The predicted molar refractivity (Wildman–Crippen MR) is 109 cm³/mol. The van der Waals surface area contributed by atoms with Crippen LogP contribution in [-0.2, 0) is 33.6 Å². The highest BCUT2D eigenvalue weighted by Crippen LogP contribution is 2.07. The number of rotatable bonds is 15. The fraction of sp³-hybridized carbons (Fsp3) is 0.611. The van der Waals surface area contributed by atoms with Crippen LogP contribution in [0.1, 0.15) is 39.5 Å². The van der Waals surface area contributed by atoms with Crippen LogP contribution in [0.15, 0.2) is 0 Å². The summed E-state index contributed by atoms with van der Waals surface area (Å²) in [6, 6.07) is -5.98. The first-order valence-corrected chi connectivity index (χ1v) is 9.77. The minimum absolute atomic E-state index is 0.437. The fourth-order valence-electron chi connectivity index (χ4n) is 2.55. The summed E-state index contributed by atoms with van der Waals surface area (Å²) < 4.78 is 0. The molecule has 0 aromatic carbocycles. The van der Waals surface area contributed by atoms with Gasteiger partial charge in [0.15, 0.2) is 0 Å². The molecule has 0 saturated heterocycles. The third-order valence-corrected chi connectivity index (χ3v) is 4.28. The molecule has 0 spiro atoms. The highest BCUT2D eigenvalue weighted by atomic mass is 16.4. The first-order chi connectivity index (χ1) is 15.1. The summed E-state index contributed by atoms with van der Waals surface area (Å²) >= 11 is 0. The molecule has 0 aliphatic carbocycles. The maximum Gasteiger partial charge on any atom is 0.326 e. The Bertz CT molecular complexity index is 785. The van der Waals surface area contributed by atoms with Gasteiger partial charge in [0.2, 0.25) is 23.6 Å². The van der Waals surface area contributed by atoms with E-state index < -0.39 is 97.3 Å². The van der Waals surface area contributed by atoms with Gasteiger partial charge in [0.1, 0.15) is 18.1 Å². The number of nitrogens with one attached hydrogen (secondary N) is 3. The summed E-state index contributed by atoms with van der Waals surface area (Å²) in [6.07, 6.45) is -2.45. The van der Waals surface area contributed by atoms with Crippen LogP contribution in [-0.4, -0.2) is 81.0 Å². The van der Waals surface area contributed by atoms with Gasteiger partial charge in [-0.25, -0.2) is 4.79 Å². The summed E-state index contributed by atoms with van der Waals surface area (Å²) in [4.78, 5) is 81.2. The van der Waals surface area contributed by atoms with Gasteiger partial charge in [-0.1, -0.05) is 13.8 Å². The summed E-state index contributed by atoms with van der Waals surface area (Å²) in [5.41, 5.74) is 10.4. The van der Waals surface area contributed by atoms with E-state index in [-0.39, 0.29) is 0 Å².